The van der Waals surface area contributed by atoms with Crippen LogP contribution in [0.2, 0.25) is 18.1 Å². The van der Waals surface area contributed by atoms with E-state index in [4.69, 9.17) is 80.2 Å². The maximum Gasteiger partial charge on any atom is 0.241 e. The fourth-order valence-corrected chi connectivity index (χ4v) is 19.4. The number of nitrogens with one attached hydrogen (secondary N) is 2. The third-order valence-corrected chi connectivity index (χ3v) is 30.8. The zero-order chi connectivity index (χ0) is 86.8. The number of hydrogen-bond acceptors (Lipinski definition) is 22. The van der Waals surface area contributed by atoms with Gasteiger partial charge in [-0.15, -0.1) is 0 Å². The van der Waals surface area contributed by atoms with Crippen molar-refractivity contribution in [2.45, 2.75) is 231 Å². The maximum atomic E-state index is 16.0. The van der Waals surface area contributed by atoms with Crippen LogP contribution in [0, 0.1) is 0 Å². The Labute approximate surface area is 734 Å². The lowest BCUT2D eigenvalue weighted by Gasteiger charge is -2.53. The third kappa shape index (κ3) is 23.9. The lowest BCUT2D eigenvalue weighted by atomic mass is 9.94. The summed E-state index contributed by atoms with van der Waals surface area (Å²) in [6.07, 6.45) is -24.2. The largest absolute Gasteiger partial charge is 0.391 e. The zero-order valence-corrected chi connectivity index (χ0v) is 73.5. The van der Waals surface area contributed by atoms with Crippen LogP contribution in [-0.4, -0.2) is 173 Å². The average Bonchev–Trinajstić information content (AvgIpc) is 0.750. The van der Waals surface area contributed by atoms with Gasteiger partial charge in [0, 0.05) is 5.56 Å². The first-order valence-electron chi connectivity index (χ1n) is 42.6. The minimum Gasteiger partial charge on any atom is -0.391 e. The van der Waals surface area contributed by atoms with Gasteiger partial charge >= 0.3 is 0 Å². The molecule has 0 spiro atoms. The summed E-state index contributed by atoms with van der Waals surface area (Å²) in [6, 6.07) is 88.8. The summed E-state index contributed by atoms with van der Waals surface area (Å²) < 4.78 is 192. The van der Waals surface area contributed by atoms with Crippen LogP contribution < -0.4 is 9.44 Å². The lowest BCUT2D eigenvalue weighted by Crippen LogP contribution is -2.71. The summed E-state index contributed by atoms with van der Waals surface area (Å²) in [4.78, 5) is -0.221. The molecule has 21 atom stereocenters. The van der Waals surface area contributed by atoms with Gasteiger partial charge in [-0.05, 0) is 88.3 Å². The highest BCUT2D eigenvalue weighted by Gasteiger charge is 2.60. The standard InChI is InChI=1S/C98H112N2O22S2Si/c1-67-84(107-58-69-39-19-8-20-40-69)91(111-62-73-47-27-12-28-48-73)92(112-63-74-49-29-13-30-50-74)96(115-67)114-66-80-87(89(109-60-71-43-23-10-24-44-71)82(95(117-80)122-125(5,6)98(2,3)4)100-124(104,105)77-55-35-16-36-56-77)120-94-81(99-123(102,103)76-53-33-15-34-54-76)88(108-59-70-41-21-9-22-42-70)86(78(116-94)64-106-57-68-37-17-7-18-38-68)121-97-90(110-61-72-45-25-11-26-46-72)83(101)85-79(118-97)65-113-93(119-85)75-51-31-14-32-52-75/h7-56,67,78-97,99-101H,57-66H2,1-6H3/t67-,78+,79+,80+,81+,82+,83-,84+,85+,86+,87+,88+,89+,90-,91+,92-,93?,94-,95+,96+,97-/m0/s1. The van der Waals surface area contributed by atoms with Crippen LogP contribution in [0.25, 0.3) is 0 Å². The molecule has 5 aliphatic rings. The molecule has 5 saturated heterocycles. The normalized spacial score (nSPS) is 28.0. The lowest BCUT2D eigenvalue weighted by molar-refractivity contribution is -0.391. The van der Waals surface area contributed by atoms with Gasteiger partial charge in [0.2, 0.25) is 20.0 Å². The number of hydrogen-bond donors (Lipinski definition) is 3. The van der Waals surface area contributed by atoms with Crippen molar-refractivity contribution in [1.29, 1.82) is 0 Å². The van der Waals surface area contributed by atoms with Crippen molar-refractivity contribution < 1.29 is 102 Å². The van der Waals surface area contributed by atoms with Gasteiger partial charge < -0.3 is 85.3 Å². The van der Waals surface area contributed by atoms with Crippen molar-refractivity contribution in [2.24, 2.45) is 0 Å². The minimum atomic E-state index is -4.73. The van der Waals surface area contributed by atoms with E-state index in [9.17, 15) is 5.11 Å². The van der Waals surface area contributed by atoms with Gasteiger partial charge in [0.1, 0.15) is 91.4 Å². The molecule has 0 saturated carbocycles. The third-order valence-electron chi connectivity index (χ3n) is 23.4. The maximum absolute atomic E-state index is 16.0. The summed E-state index contributed by atoms with van der Waals surface area (Å²) >= 11 is 0. The molecule has 0 radical (unpaired) electrons. The smallest absolute Gasteiger partial charge is 0.241 e. The van der Waals surface area contributed by atoms with E-state index in [-0.39, 0.29) is 69.3 Å². The molecule has 662 valence electrons. The molecule has 3 N–H and O–H groups in total. The molecule has 27 heteroatoms. The van der Waals surface area contributed by atoms with Crippen molar-refractivity contribution >= 4 is 28.4 Å². The van der Waals surface area contributed by atoms with Crippen LogP contribution in [0.15, 0.2) is 313 Å². The molecule has 10 aromatic carbocycles. The molecule has 0 amide bonds. The summed E-state index contributed by atoms with van der Waals surface area (Å²) in [6.45, 7) is 11.4. The molecule has 24 nitrogen and oxygen atoms in total. The molecule has 5 aliphatic heterocycles. The van der Waals surface area contributed by atoms with Gasteiger partial charge in [0.05, 0.1) is 82.0 Å². The summed E-state index contributed by atoms with van der Waals surface area (Å²) in [5, 5.41) is 12.5. The van der Waals surface area contributed by atoms with E-state index in [2.05, 4.69) is 30.2 Å². The Morgan fingerprint density at radius 3 is 1.15 bits per heavy atom. The van der Waals surface area contributed by atoms with E-state index in [0.717, 1.165) is 27.8 Å². The Morgan fingerprint density at radius 2 is 0.720 bits per heavy atom. The first kappa shape index (κ1) is 91.3. The predicted octanol–water partition coefficient (Wildman–Crippen LogP) is 14.6. The second-order valence-corrected chi connectivity index (χ2v) is 41.6. The highest BCUT2D eigenvalue weighted by molar-refractivity contribution is 7.89. The Hall–Kier alpha value is -8.48. The molecule has 0 aromatic heterocycles. The van der Waals surface area contributed by atoms with Gasteiger partial charge in [0.15, 0.2) is 39.8 Å². The highest BCUT2D eigenvalue weighted by atomic mass is 32.2. The van der Waals surface area contributed by atoms with Gasteiger partial charge in [-0.2, -0.15) is 0 Å². The molecule has 5 fully saturated rings. The van der Waals surface area contributed by atoms with E-state index in [1.807, 2.05) is 263 Å². The fraction of sp³-hybridized carbons (Fsp3) is 0.388. The Balaban J connectivity index is 0.885. The van der Waals surface area contributed by atoms with Crippen molar-refractivity contribution in [3.63, 3.8) is 0 Å². The summed E-state index contributed by atoms with van der Waals surface area (Å²) in [5.74, 6) is 0. The van der Waals surface area contributed by atoms with Gasteiger partial charge in [-0.1, -0.05) is 300 Å². The van der Waals surface area contributed by atoms with Crippen molar-refractivity contribution in [3.8, 4) is 0 Å². The first-order valence-corrected chi connectivity index (χ1v) is 48.5. The fourth-order valence-electron chi connectivity index (χ4n) is 15.7. The Bertz CT molecular complexity index is 5120. The number of aliphatic hydroxyl groups excluding tert-OH is 1. The molecule has 5 heterocycles. The highest BCUT2D eigenvalue weighted by Crippen LogP contribution is 2.44. The zero-order valence-electron chi connectivity index (χ0n) is 70.9. The van der Waals surface area contributed by atoms with Crippen molar-refractivity contribution in [2.75, 3.05) is 19.8 Å². The summed E-state index contributed by atoms with van der Waals surface area (Å²) in [5.41, 5.74) is 6.30. The molecule has 1 unspecified atom stereocenters. The topological polar surface area (TPSA) is 269 Å². The van der Waals surface area contributed by atoms with Gasteiger partial charge in [-0.3, -0.25) is 0 Å². The van der Waals surface area contributed by atoms with E-state index in [0.29, 0.717) is 16.7 Å². The van der Waals surface area contributed by atoms with Crippen LogP contribution in [0.3, 0.4) is 0 Å². The summed E-state index contributed by atoms with van der Waals surface area (Å²) in [7, 11) is -12.4. The van der Waals surface area contributed by atoms with Gasteiger partial charge in [0.25, 0.3) is 0 Å². The number of sulfonamides is 2. The molecule has 0 aliphatic carbocycles. The number of fused-ring (bicyclic) bond motifs is 1. The van der Waals surface area contributed by atoms with E-state index >= 15 is 16.8 Å². The Kier molecular flexibility index (Phi) is 31.5. The van der Waals surface area contributed by atoms with Crippen LogP contribution >= 0.6 is 0 Å². The number of benzene rings is 10. The van der Waals surface area contributed by atoms with Crippen LogP contribution in [-0.2, 0) is 147 Å². The molecule has 0 bridgehead atoms. The average molecular weight is 1760 g/mol. The number of aliphatic hydroxyl groups is 1. The van der Waals surface area contributed by atoms with Crippen LogP contribution in [0.1, 0.15) is 78.5 Å². The van der Waals surface area contributed by atoms with E-state index in [1.54, 1.807) is 36.4 Å². The van der Waals surface area contributed by atoms with Crippen LogP contribution in [0.5, 0.6) is 0 Å². The van der Waals surface area contributed by atoms with Gasteiger partial charge in [-0.25, -0.2) is 26.3 Å². The first-order chi connectivity index (χ1) is 60.7. The monoisotopic (exact) mass is 1760 g/mol. The molecule has 125 heavy (non-hydrogen) atoms. The molecular formula is C98H112N2O22S2Si. The van der Waals surface area contributed by atoms with Crippen molar-refractivity contribution in [1.82, 2.24) is 9.44 Å². The second-order valence-electron chi connectivity index (χ2n) is 33.4. The molecule has 10 aromatic rings. The van der Waals surface area contributed by atoms with E-state index < -0.39 is 169 Å². The number of rotatable bonds is 38. The Morgan fingerprint density at radius 1 is 0.368 bits per heavy atom. The quantitative estimate of drug-likeness (QED) is 0.0303. The SMILES string of the molecule is C[C@@H]1O[C@@H](OC[C@H]2O[C@H](O[Si](C)(C)C(C)(C)C)[C@H](NS(=O)(=O)c3ccccc3)[C@@H](OCc3ccccc3)[C@@H]2O[C@@H]2O[C@H](COCc3ccccc3)[C@@H](O[C@@H]3O[C@@H]4COC(c5ccccc5)O[C@H]4[C@H](O)[C@@H]3OCc3ccccc3)[C@H](OCc3ccccc3)[C@H]2NS(=O)(=O)c2ccccc2)[C@@H](OCc2ccccc2)[C@H](OCc2ccccc2)[C@@H]1OCc1ccccc1. The second kappa shape index (κ2) is 43.1. The molecule has 15 rings (SSSR count). The number of ether oxygens (including phenoxy) is 16. The van der Waals surface area contributed by atoms with E-state index in [1.165, 1.54) is 24.3 Å². The van der Waals surface area contributed by atoms with Crippen molar-refractivity contribution in [3.05, 3.63) is 348 Å². The van der Waals surface area contributed by atoms with Crippen LogP contribution in [0.4, 0.5) is 0 Å². The predicted molar refractivity (Wildman–Crippen MR) is 468 cm³/mol. The molecular weight excluding hydrogens is 1650 g/mol. The minimum absolute atomic E-state index is 0.0262.